The lowest BCUT2D eigenvalue weighted by molar-refractivity contribution is -0.132. The molecule has 17 heteroatoms. The number of carbonyl (C=O) groups excluding carboxylic acids is 8. The Labute approximate surface area is 302 Å². The van der Waals surface area contributed by atoms with Gasteiger partial charge in [0.2, 0.25) is 47.3 Å². The molecule has 0 heterocycles. The van der Waals surface area contributed by atoms with E-state index in [9.17, 15) is 38.4 Å². The van der Waals surface area contributed by atoms with Crippen LogP contribution in [0.3, 0.4) is 0 Å². The number of nitrogens with one attached hydrogen (secondary N) is 8. The lowest BCUT2D eigenvalue weighted by Crippen LogP contribution is -2.54. The van der Waals surface area contributed by atoms with Crippen LogP contribution in [0.4, 0.5) is 0 Å². The van der Waals surface area contributed by atoms with Crippen molar-refractivity contribution in [2.24, 2.45) is 10.8 Å². The summed E-state index contributed by atoms with van der Waals surface area (Å²) >= 11 is 4.07. The second kappa shape index (κ2) is 22.0. The van der Waals surface area contributed by atoms with E-state index in [0.29, 0.717) is 12.8 Å². The quantitative estimate of drug-likeness (QED) is 0.0898. The van der Waals surface area contributed by atoms with Crippen LogP contribution < -0.4 is 42.5 Å². The molecule has 50 heavy (non-hydrogen) atoms. The Morgan fingerprint density at radius 1 is 0.480 bits per heavy atom. The zero-order chi connectivity index (χ0) is 39.5. The zero-order valence-corrected chi connectivity index (χ0v) is 32.8. The molecule has 0 saturated heterocycles. The molecule has 0 spiro atoms. The Bertz CT molecular complexity index is 1190. The molecular weight excluding hydrogens is 668 g/mol. The van der Waals surface area contributed by atoms with Gasteiger partial charge in [0.25, 0.3) is 0 Å². The third kappa shape index (κ3) is 23.5. The second-order valence-corrected chi connectivity index (χ2v) is 15.4. The smallest absolute Gasteiger partial charge is 0.243 e. The Balaban J connectivity index is 0. The topological polar surface area (TPSA) is 233 Å². The normalized spacial score (nSPS) is 12.1. The minimum Gasteiger partial charge on any atom is -0.350 e. The van der Waals surface area contributed by atoms with Crippen LogP contribution in [0.5, 0.6) is 0 Å². The fraction of sp³-hybridized carbons (Fsp3) is 0.758. The van der Waals surface area contributed by atoms with Gasteiger partial charge in [0.15, 0.2) is 0 Å². The second-order valence-electron chi connectivity index (χ2n) is 15.0. The van der Waals surface area contributed by atoms with E-state index >= 15 is 0 Å². The molecule has 0 radical (unpaired) electrons. The maximum absolute atomic E-state index is 12.1. The van der Waals surface area contributed by atoms with E-state index in [1.54, 1.807) is 27.7 Å². The molecular formula is C33H62N8O8S. The summed E-state index contributed by atoms with van der Waals surface area (Å²) in [6.45, 7) is 20.8. The summed E-state index contributed by atoms with van der Waals surface area (Å²) in [5, 5.41) is 20.2. The van der Waals surface area contributed by atoms with Crippen molar-refractivity contribution in [1.29, 1.82) is 0 Å². The minimum atomic E-state index is -0.799. The fourth-order valence-corrected chi connectivity index (χ4v) is 3.46. The molecule has 8 N–H and O–H groups in total. The van der Waals surface area contributed by atoms with Gasteiger partial charge in [-0.3, -0.25) is 38.4 Å². The third-order valence-electron chi connectivity index (χ3n) is 7.00. The zero-order valence-electron chi connectivity index (χ0n) is 31.9. The van der Waals surface area contributed by atoms with E-state index in [-0.39, 0.29) is 67.6 Å². The molecule has 0 aromatic heterocycles. The maximum Gasteiger partial charge on any atom is 0.243 e. The van der Waals surface area contributed by atoms with Gasteiger partial charge in [0, 0.05) is 27.7 Å². The molecule has 16 nitrogen and oxygen atoms in total. The summed E-state index contributed by atoms with van der Waals surface area (Å²) in [6, 6.07) is -0.799. The molecule has 1 unspecified atom stereocenters. The third-order valence-corrected chi connectivity index (χ3v) is 7.37. The van der Waals surface area contributed by atoms with Crippen LogP contribution in [0.1, 0.15) is 95.9 Å². The Morgan fingerprint density at radius 2 is 0.800 bits per heavy atom. The summed E-state index contributed by atoms with van der Waals surface area (Å²) in [6.07, 6.45) is 1.30. The van der Waals surface area contributed by atoms with Crippen LogP contribution in [0.15, 0.2) is 0 Å². The first-order valence-electron chi connectivity index (χ1n) is 16.6. The number of thiol groups is 1. The van der Waals surface area contributed by atoms with Gasteiger partial charge in [-0.2, -0.15) is 12.6 Å². The largest absolute Gasteiger partial charge is 0.350 e. The molecule has 0 aliphatic heterocycles. The summed E-state index contributed by atoms with van der Waals surface area (Å²) in [5.74, 6) is -2.92. The molecule has 0 rings (SSSR count). The SMILES string of the molecule is CCC(C)(C)C(=O)NCC(=O)NCC(=O)NC(CS)C(=O)NC(C)(C)C.CCC(C)(C)C(=O)NCC(=O)NCC(=O)NCC(=O)NC(C)(C)C. The average molecular weight is 731 g/mol. The van der Waals surface area contributed by atoms with Crippen LogP contribution in [0.2, 0.25) is 0 Å². The van der Waals surface area contributed by atoms with Crippen LogP contribution in [0, 0.1) is 10.8 Å². The fourth-order valence-electron chi connectivity index (χ4n) is 3.20. The highest BCUT2D eigenvalue weighted by Crippen LogP contribution is 2.19. The molecule has 0 aliphatic rings. The Morgan fingerprint density at radius 3 is 1.12 bits per heavy atom. The van der Waals surface area contributed by atoms with Crippen molar-refractivity contribution in [3.63, 3.8) is 0 Å². The van der Waals surface area contributed by atoms with Crippen molar-refractivity contribution >= 4 is 59.9 Å². The molecule has 288 valence electrons. The number of amides is 8. The number of hydrogen-bond acceptors (Lipinski definition) is 9. The van der Waals surface area contributed by atoms with E-state index in [0.717, 1.165) is 0 Å². The van der Waals surface area contributed by atoms with E-state index in [1.165, 1.54) is 0 Å². The van der Waals surface area contributed by atoms with Crippen molar-refractivity contribution in [3.05, 3.63) is 0 Å². The van der Waals surface area contributed by atoms with Gasteiger partial charge in [-0.1, -0.05) is 41.5 Å². The monoisotopic (exact) mass is 730 g/mol. The van der Waals surface area contributed by atoms with E-state index in [1.807, 2.05) is 55.4 Å². The standard InChI is InChI=1S/C17H32N4O4S.C16H30N4O4/c1-7-17(5,6)15(25)19-8-12(22)18-9-13(23)20-11(10-26)14(24)21-16(2,3)4;1-7-16(5,6)14(24)19-9-12(22)17-8-11(21)18-10-13(23)20-15(2,3)4/h11,26H,7-10H2,1-6H3,(H,18,22)(H,19,25)(H,20,23)(H,21,24);7-10H2,1-6H3,(H,17,22)(H,18,21)(H,19,24)(H,20,23). The molecule has 8 amide bonds. The molecule has 0 aliphatic carbocycles. The summed E-state index contributed by atoms with van der Waals surface area (Å²) in [5.41, 5.74) is -1.90. The van der Waals surface area contributed by atoms with Gasteiger partial charge >= 0.3 is 0 Å². The molecule has 0 saturated carbocycles. The Hall–Kier alpha value is -3.89. The van der Waals surface area contributed by atoms with Crippen molar-refractivity contribution < 1.29 is 38.4 Å². The number of carbonyl (C=O) groups is 8. The van der Waals surface area contributed by atoms with Crippen molar-refractivity contribution in [2.45, 2.75) is 113 Å². The van der Waals surface area contributed by atoms with E-state index < -0.39 is 46.0 Å². The van der Waals surface area contributed by atoms with Gasteiger partial charge in [-0.25, -0.2) is 0 Å². The first-order chi connectivity index (χ1) is 22.7. The molecule has 0 fully saturated rings. The summed E-state index contributed by atoms with van der Waals surface area (Å²) < 4.78 is 0. The van der Waals surface area contributed by atoms with Crippen LogP contribution in [0.25, 0.3) is 0 Å². The summed E-state index contributed by atoms with van der Waals surface area (Å²) in [7, 11) is 0. The average Bonchev–Trinajstić information content (AvgIpc) is 3.00. The van der Waals surface area contributed by atoms with Gasteiger partial charge in [-0.05, 0) is 54.4 Å². The number of rotatable bonds is 17. The molecule has 1 atom stereocenters. The highest BCUT2D eigenvalue weighted by atomic mass is 32.1. The highest BCUT2D eigenvalue weighted by Gasteiger charge is 2.27. The lowest BCUT2D eigenvalue weighted by atomic mass is 9.89. The highest BCUT2D eigenvalue weighted by molar-refractivity contribution is 7.80. The number of hydrogen-bond donors (Lipinski definition) is 9. The molecule has 0 aromatic carbocycles. The van der Waals surface area contributed by atoms with Gasteiger partial charge in [0.05, 0.1) is 32.7 Å². The van der Waals surface area contributed by atoms with Crippen LogP contribution in [-0.2, 0) is 38.4 Å². The maximum atomic E-state index is 12.1. The minimum absolute atomic E-state index is 0.129. The van der Waals surface area contributed by atoms with Crippen molar-refractivity contribution in [2.75, 3.05) is 38.5 Å². The predicted octanol–water partition coefficient (Wildman–Crippen LogP) is -0.330. The van der Waals surface area contributed by atoms with Crippen LogP contribution in [-0.4, -0.2) is 103 Å². The van der Waals surface area contributed by atoms with Crippen molar-refractivity contribution in [1.82, 2.24) is 42.5 Å². The van der Waals surface area contributed by atoms with Crippen molar-refractivity contribution in [3.8, 4) is 0 Å². The van der Waals surface area contributed by atoms with Gasteiger partial charge < -0.3 is 42.5 Å². The van der Waals surface area contributed by atoms with E-state index in [4.69, 9.17) is 0 Å². The Kier molecular flexibility index (Phi) is 21.3. The molecule has 0 aromatic rings. The van der Waals surface area contributed by atoms with Gasteiger partial charge in [0.1, 0.15) is 6.04 Å². The summed E-state index contributed by atoms with van der Waals surface area (Å²) in [4.78, 5) is 94.1. The van der Waals surface area contributed by atoms with E-state index in [2.05, 4.69) is 55.2 Å². The lowest BCUT2D eigenvalue weighted by Gasteiger charge is -2.24. The van der Waals surface area contributed by atoms with Crippen LogP contribution >= 0.6 is 12.6 Å². The molecule has 0 bridgehead atoms. The first-order valence-corrected chi connectivity index (χ1v) is 17.2. The van der Waals surface area contributed by atoms with Gasteiger partial charge in [-0.15, -0.1) is 0 Å². The first kappa shape index (κ1) is 48.2. The predicted molar refractivity (Wildman–Crippen MR) is 195 cm³/mol.